The Morgan fingerprint density at radius 1 is 0.897 bits per heavy atom. The van der Waals surface area contributed by atoms with Crippen molar-refractivity contribution in [2.24, 2.45) is 0 Å². The number of benzene rings is 2. The molecule has 148 valence electrons. The highest BCUT2D eigenvalue weighted by molar-refractivity contribution is 6.03. The molecule has 1 aromatic heterocycles. The minimum atomic E-state index is -0.353. The number of carbonyl (C=O) groups excluding carboxylic acids is 2. The van der Waals surface area contributed by atoms with Crippen molar-refractivity contribution in [1.82, 2.24) is 4.98 Å². The fraction of sp³-hybridized carbons (Fsp3) is 0.174. The van der Waals surface area contributed by atoms with Crippen LogP contribution in [0.2, 0.25) is 0 Å². The minimum Gasteiger partial charge on any atom is -0.462 e. The van der Waals surface area contributed by atoms with E-state index in [1.165, 1.54) is 5.56 Å². The second kappa shape index (κ2) is 9.50. The monoisotopic (exact) mass is 389 g/mol. The smallest absolute Gasteiger partial charge is 0.338 e. The highest BCUT2D eigenvalue weighted by atomic mass is 16.5. The summed E-state index contributed by atoms with van der Waals surface area (Å²) in [6.07, 6.45) is 2.52. The van der Waals surface area contributed by atoms with Crippen LogP contribution in [0.25, 0.3) is 0 Å². The van der Waals surface area contributed by atoms with Gasteiger partial charge in [0, 0.05) is 23.3 Å². The van der Waals surface area contributed by atoms with Crippen molar-refractivity contribution in [2.45, 2.75) is 20.3 Å². The van der Waals surface area contributed by atoms with Gasteiger partial charge in [0.1, 0.15) is 5.69 Å². The molecule has 1 amide bonds. The molecule has 0 spiro atoms. The van der Waals surface area contributed by atoms with Crippen LogP contribution in [0.4, 0.5) is 17.1 Å². The largest absolute Gasteiger partial charge is 0.462 e. The summed E-state index contributed by atoms with van der Waals surface area (Å²) < 4.78 is 4.98. The number of anilines is 3. The number of ether oxygens (including phenoxy) is 1. The third-order valence-corrected chi connectivity index (χ3v) is 4.30. The molecule has 0 fully saturated rings. The SMILES string of the molecule is CCOC(=O)c1ccc(Nc2ccnc(C(=O)Nc3ccc(CC)cc3)c2)cc1. The normalized spacial score (nSPS) is 10.3. The molecule has 0 atom stereocenters. The van der Waals surface area contributed by atoms with Crippen LogP contribution in [0.15, 0.2) is 66.9 Å². The molecule has 0 aliphatic carbocycles. The second-order valence-corrected chi connectivity index (χ2v) is 6.36. The highest BCUT2D eigenvalue weighted by Crippen LogP contribution is 2.19. The standard InChI is InChI=1S/C23H23N3O3/c1-3-16-5-9-19(10-6-16)26-22(27)21-15-20(13-14-24-21)25-18-11-7-17(8-12-18)23(28)29-4-2/h5-15H,3-4H2,1-2H3,(H,24,25)(H,26,27). The molecule has 29 heavy (non-hydrogen) atoms. The number of aromatic nitrogens is 1. The summed E-state index contributed by atoms with van der Waals surface area (Å²) in [5, 5.41) is 6.06. The first-order valence-corrected chi connectivity index (χ1v) is 9.49. The number of amides is 1. The third kappa shape index (κ3) is 5.42. The molecular formula is C23H23N3O3. The molecule has 0 unspecified atom stereocenters. The van der Waals surface area contributed by atoms with Crippen LogP contribution >= 0.6 is 0 Å². The second-order valence-electron chi connectivity index (χ2n) is 6.36. The minimum absolute atomic E-state index is 0.282. The molecule has 2 N–H and O–H groups in total. The van der Waals surface area contributed by atoms with Crippen LogP contribution in [-0.2, 0) is 11.2 Å². The maximum absolute atomic E-state index is 12.5. The lowest BCUT2D eigenvalue weighted by Gasteiger charge is -2.09. The Morgan fingerprint density at radius 2 is 1.59 bits per heavy atom. The molecule has 3 aromatic rings. The first kappa shape index (κ1) is 20.1. The average Bonchev–Trinajstić information content (AvgIpc) is 2.75. The molecule has 1 heterocycles. The maximum Gasteiger partial charge on any atom is 0.338 e. The molecule has 0 saturated carbocycles. The fourth-order valence-corrected chi connectivity index (χ4v) is 2.72. The van der Waals surface area contributed by atoms with Crippen LogP contribution in [0, 0.1) is 0 Å². The average molecular weight is 389 g/mol. The van der Waals surface area contributed by atoms with E-state index in [0.717, 1.165) is 23.5 Å². The van der Waals surface area contributed by atoms with Crippen LogP contribution < -0.4 is 10.6 Å². The number of nitrogens with one attached hydrogen (secondary N) is 2. The molecule has 0 bridgehead atoms. The van der Waals surface area contributed by atoms with Crippen LogP contribution in [0.3, 0.4) is 0 Å². The Bertz CT molecular complexity index is 983. The Hall–Kier alpha value is -3.67. The van der Waals surface area contributed by atoms with Gasteiger partial charge in [-0.1, -0.05) is 19.1 Å². The lowest BCUT2D eigenvalue weighted by atomic mass is 10.1. The van der Waals surface area contributed by atoms with Crippen molar-refractivity contribution in [2.75, 3.05) is 17.2 Å². The summed E-state index contributed by atoms with van der Waals surface area (Å²) in [4.78, 5) is 28.4. The Balaban J connectivity index is 1.67. The van der Waals surface area contributed by atoms with E-state index in [2.05, 4.69) is 22.5 Å². The molecule has 3 rings (SSSR count). The molecule has 2 aromatic carbocycles. The molecule has 0 saturated heterocycles. The zero-order valence-corrected chi connectivity index (χ0v) is 16.4. The predicted molar refractivity (Wildman–Crippen MR) is 114 cm³/mol. The fourth-order valence-electron chi connectivity index (χ4n) is 2.72. The Kier molecular flexibility index (Phi) is 6.58. The molecule has 6 nitrogen and oxygen atoms in total. The topological polar surface area (TPSA) is 80.3 Å². The van der Waals surface area contributed by atoms with E-state index in [4.69, 9.17) is 4.74 Å². The van der Waals surface area contributed by atoms with Crippen molar-refractivity contribution in [3.63, 3.8) is 0 Å². The van der Waals surface area contributed by atoms with Crippen molar-refractivity contribution in [1.29, 1.82) is 0 Å². The van der Waals surface area contributed by atoms with Crippen LogP contribution in [-0.4, -0.2) is 23.5 Å². The summed E-state index contributed by atoms with van der Waals surface area (Å²) in [5.41, 5.74) is 4.23. The summed E-state index contributed by atoms with van der Waals surface area (Å²) >= 11 is 0. The Labute approximate surface area is 169 Å². The van der Waals surface area contributed by atoms with Crippen molar-refractivity contribution < 1.29 is 14.3 Å². The number of pyridine rings is 1. The highest BCUT2D eigenvalue weighted by Gasteiger charge is 2.10. The lowest BCUT2D eigenvalue weighted by molar-refractivity contribution is 0.0526. The molecule has 6 heteroatoms. The van der Waals surface area contributed by atoms with Crippen molar-refractivity contribution in [3.05, 3.63) is 83.7 Å². The predicted octanol–water partition coefficient (Wildman–Crippen LogP) is 4.82. The quantitative estimate of drug-likeness (QED) is 0.567. The lowest BCUT2D eigenvalue weighted by Crippen LogP contribution is -2.13. The maximum atomic E-state index is 12.5. The Morgan fingerprint density at radius 3 is 2.24 bits per heavy atom. The van der Waals surface area contributed by atoms with E-state index in [1.807, 2.05) is 24.3 Å². The van der Waals surface area contributed by atoms with Gasteiger partial charge in [-0.25, -0.2) is 4.79 Å². The summed E-state index contributed by atoms with van der Waals surface area (Å²) in [6.45, 7) is 4.19. The molecule has 0 radical (unpaired) electrons. The number of hydrogen-bond acceptors (Lipinski definition) is 5. The summed E-state index contributed by atoms with van der Waals surface area (Å²) in [7, 11) is 0. The molecule has 0 aliphatic rings. The van der Waals surface area contributed by atoms with Crippen molar-refractivity contribution in [3.8, 4) is 0 Å². The van der Waals surface area contributed by atoms with Gasteiger partial charge in [0.15, 0.2) is 0 Å². The number of nitrogens with zero attached hydrogens (tertiary/aromatic N) is 1. The number of carbonyl (C=O) groups is 2. The van der Waals surface area contributed by atoms with Crippen molar-refractivity contribution >= 4 is 28.9 Å². The molecular weight excluding hydrogens is 366 g/mol. The first-order chi connectivity index (χ1) is 14.1. The van der Waals surface area contributed by atoms with Gasteiger partial charge in [0.25, 0.3) is 5.91 Å². The van der Waals surface area contributed by atoms with E-state index in [-0.39, 0.29) is 11.9 Å². The van der Waals surface area contributed by atoms with Gasteiger partial charge in [-0.2, -0.15) is 0 Å². The van der Waals surface area contributed by atoms with E-state index in [0.29, 0.717) is 17.9 Å². The number of rotatable bonds is 7. The van der Waals surface area contributed by atoms with E-state index in [1.54, 1.807) is 49.5 Å². The van der Waals surface area contributed by atoms with Crippen LogP contribution in [0.1, 0.15) is 40.3 Å². The van der Waals surface area contributed by atoms with Gasteiger partial charge in [-0.15, -0.1) is 0 Å². The van der Waals surface area contributed by atoms with Crippen LogP contribution in [0.5, 0.6) is 0 Å². The first-order valence-electron chi connectivity index (χ1n) is 9.49. The van der Waals surface area contributed by atoms with Gasteiger partial charge in [-0.3, -0.25) is 9.78 Å². The number of esters is 1. The zero-order chi connectivity index (χ0) is 20.6. The number of hydrogen-bond donors (Lipinski definition) is 2. The van der Waals surface area contributed by atoms with Gasteiger partial charge >= 0.3 is 5.97 Å². The number of aryl methyl sites for hydroxylation is 1. The third-order valence-electron chi connectivity index (χ3n) is 4.30. The molecule has 0 aliphatic heterocycles. The van der Waals surface area contributed by atoms with Gasteiger partial charge in [-0.05, 0) is 67.4 Å². The van der Waals surface area contributed by atoms with Gasteiger partial charge < -0.3 is 15.4 Å². The van der Waals surface area contributed by atoms with Gasteiger partial charge in [0.2, 0.25) is 0 Å². The zero-order valence-electron chi connectivity index (χ0n) is 16.4. The van der Waals surface area contributed by atoms with E-state index < -0.39 is 0 Å². The summed E-state index contributed by atoms with van der Waals surface area (Å²) in [5.74, 6) is -0.635. The summed E-state index contributed by atoms with van der Waals surface area (Å²) in [6, 6.07) is 18.1. The van der Waals surface area contributed by atoms with E-state index >= 15 is 0 Å². The van der Waals surface area contributed by atoms with E-state index in [9.17, 15) is 9.59 Å². The van der Waals surface area contributed by atoms with Gasteiger partial charge in [0.05, 0.1) is 12.2 Å².